The highest BCUT2D eigenvalue weighted by molar-refractivity contribution is 7.11. The first kappa shape index (κ1) is 10.7. The highest BCUT2D eigenvalue weighted by Gasteiger charge is 2.01. The Morgan fingerprint density at radius 3 is 2.69 bits per heavy atom. The lowest BCUT2D eigenvalue weighted by Gasteiger charge is -1.99. The van der Waals surface area contributed by atoms with Crippen molar-refractivity contribution in [1.29, 1.82) is 0 Å². The minimum absolute atomic E-state index is 0.930. The van der Waals surface area contributed by atoms with Gasteiger partial charge in [0.25, 0.3) is 0 Å². The Kier molecular flexibility index (Phi) is 4.39. The molecular formula is C10H18N2S. The van der Waals surface area contributed by atoms with E-state index in [2.05, 4.69) is 31.1 Å². The molecule has 0 aliphatic carbocycles. The molecule has 0 atom stereocenters. The lowest BCUT2D eigenvalue weighted by molar-refractivity contribution is 0.639. The van der Waals surface area contributed by atoms with Crippen LogP contribution in [0.2, 0.25) is 0 Å². The Bertz CT molecular complexity index is 236. The average Bonchev–Trinajstić information content (AvgIpc) is 2.41. The molecule has 1 rings (SSSR count). The minimum Gasteiger partial charge on any atom is -0.310 e. The Morgan fingerprint density at radius 2 is 2.15 bits per heavy atom. The monoisotopic (exact) mass is 198 g/mol. The molecule has 0 fully saturated rings. The van der Waals surface area contributed by atoms with Gasteiger partial charge in [-0.2, -0.15) is 0 Å². The van der Waals surface area contributed by atoms with Crippen molar-refractivity contribution in [3.8, 4) is 0 Å². The van der Waals surface area contributed by atoms with Gasteiger partial charge in [0.15, 0.2) is 0 Å². The molecule has 1 aromatic rings. The zero-order chi connectivity index (χ0) is 9.68. The fourth-order valence-corrected chi connectivity index (χ4v) is 2.02. The number of unbranched alkanes of at least 4 members (excludes halogenated alkanes) is 1. The van der Waals surface area contributed by atoms with Gasteiger partial charge in [-0.1, -0.05) is 13.3 Å². The standard InChI is InChI=1S/C10H18N2S/c1-4-5-6-11-7-10-12-8(2)9(3)13-10/h11H,4-7H2,1-3H3. The fourth-order valence-electron chi connectivity index (χ4n) is 1.11. The molecule has 3 heteroatoms. The van der Waals surface area contributed by atoms with Gasteiger partial charge in [-0.05, 0) is 26.8 Å². The average molecular weight is 198 g/mol. The van der Waals surface area contributed by atoms with Crippen LogP contribution in [0.4, 0.5) is 0 Å². The van der Waals surface area contributed by atoms with E-state index in [1.165, 1.54) is 28.4 Å². The van der Waals surface area contributed by atoms with Crippen LogP contribution in [0.15, 0.2) is 0 Å². The van der Waals surface area contributed by atoms with E-state index >= 15 is 0 Å². The maximum atomic E-state index is 4.46. The topological polar surface area (TPSA) is 24.9 Å². The first-order chi connectivity index (χ1) is 6.24. The molecule has 0 amide bonds. The van der Waals surface area contributed by atoms with Crippen molar-refractivity contribution in [2.75, 3.05) is 6.54 Å². The van der Waals surface area contributed by atoms with Crippen molar-refractivity contribution in [2.24, 2.45) is 0 Å². The van der Waals surface area contributed by atoms with E-state index in [0.29, 0.717) is 0 Å². The number of thiazole rings is 1. The minimum atomic E-state index is 0.930. The second-order valence-corrected chi connectivity index (χ2v) is 4.57. The molecule has 74 valence electrons. The number of nitrogens with zero attached hydrogens (tertiary/aromatic N) is 1. The van der Waals surface area contributed by atoms with Crippen LogP contribution >= 0.6 is 11.3 Å². The lowest BCUT2D eigenvalue weighted by atomic mass is 10.3. The Hall–Kier alpha value is -0.410. The van der Waals surface area contributed by atoms with E-state index in [4.69, 9.17) is 0 Å². The molecule has 0 saturated heterocycles. The molecule has 0 saturated carbocycles. The predicted octanol–water partition coefficient (Wildman–Crippen LogP) is 2.65. The second kappa shape index (κ2) is 5.35. The van der Waals surface area contributed by atoms with E-state index in [9.17, 15) is 0 Å². The Balaban J connectivity index is 2.29. The number of hydrogen-bond donors (Lipinski definition) is 1. The molecule has 0 unspecified atom stereocenters. The highest BCUT2D eigenvalue weighted by Crippen LogP contribution is 2.15. The van der Waals surface area contributed by atoms with Crippen LogP contribution in [0, 0.1) is 13.8 Å². The molecule has 2 nitrogen and oxygen atoms in total. The number of aryl methyl sites for hydroxylation is 2. The summed E-state index contributed by atoms with van der Waals surface area (Å²) in [7, 11) is 0. The van der Waals surface area contributed by atoms with Crippen LogP contribution in [0.5, 0.6) is 0 Å². The zero-order valence-corrected chi connectivity index (χ0v) is 9.50. The summed E-state index contributed by atoms with van der Waals surface area (Å²) in [6.45, 7) is 8.44. The van der Waals surface area contributed by atoms with Crippen molar-refractivity contribution in [3.63, 3.8) is 0 Å². The van der Waals surface area contributed by atoms with Gasteiger partial charge < -0.3 is 5.32 Å². The first-order valence-corrected chi connectivity index (χ1v) is 5.69. The number of aromatic nitrogens is 1. The van der Waals surface area contributed by atoms with Crippen LogP contribution < -0.4 is 5.32 Å². The van der Waals surface area contributed by atoms with Crippen molar-refractivity contribution in [2.45, 2.75) is 40.2 Å². The normalized spacial score (nSPS) is 10.7. The van der Waals surface area contributed by atoms with Gasteiger partial charge in [-0.15, -0.1) is 11.3 Å². The SMILES string of the molecule is CCCCNCc1nc(C)c(C)s1. The van der Waals surface area contributed by atoms with E-state index < -0.39 is 0 Å². The molecule has 1 aromatic heterocycles. The van der Waals surface area contributed by atoms with Crippen LogP contribution in [0.1, 0.15) is 35.3 Å². The summed E-state index contributed by atoms with van der Waals surface area (Å²) in [5, 5.41) is 4.61. The first-order valence-electron chi connectivity index (χ1n) is 4.87. The summed E-state index contributed by atoms with van der Waals surface area (Å²) >= 11 is 1.80. The summed E-state index contributed by atoms with van der Waals surface area (Å²) in [6, 6.07) is 0. The van der Waals surface area contributed by atoms with Crippen LogP contribution in [-0.4, -0.2) is 11.5 Å². The number of rotatable bonds is 5. The van der Waals surface area contributed by atoms with Gasteiger partial charge in [0.05, 0.1) is 5.69 Å². The summed E-state index contributed by atoms with van der Waals surface area (Å²) in [4.78, 5) is 5.80. The summed E-state index contributed by atoms with van der Waals surface area (Å²) < 4.78 is 0. The molecule has 0 aliphatic rings. The van der Waals surface area contributed by atoms with Crippen molar-refractivity contribution < 1.29 is 0 Å². The van der Waals surface area contributed by atoms with Gasteiger partial charge >= 0.3 is 0 Å². The molecule has 0 aliphatic heterocycles. The Labute approximate surface area is 84.4 Å². The fraction of sp³-hybridized carbons (Fsp3) is 0.700. The van der Waals surface area contributed by atoms with Gasteiger partial charge in [-0.3, -0.25) is 0 Å². The second-order valence-electron chi connectivity index (χ2n) is 3.28. The molecule has 0 radical (unpaired) electrons. The molecule has 0 aromatic carbocycles. The van der Waals surface area contributed by atoms with Gasteiger partial charge in [0.1, 0.15) is 5.01 Å². The van der Waals surface area contributed by atoms with E-state index in [1.54, 1.807) is 11.3 Å². The lowest BCUT2D eigenvalue weighted by Crippen LogP contribution is -2.14. The predicted molar refractivity (Wildman–Crippen MR) is 58.2 cm³/mol. The summed E-state index contributed by atoms with van der Waals surface area (Å²) in [5.74, 6) is 0. The third-order valence-corrected chi connectivity index (χ3v) is 3.13. The van der Waals surface area contributed by atoms with Crippen LogP contribution in [0.25, 0.3) is 0 Å². The maximum Gasteiger partial charge on any atom is 0.107 e. The third kappa shape index (κ3) is 3.44. The highest BCUT2D eigenvalue weighted by atomic mass is 32.1. The Morgan fingerprint density at radius 1 is 1.38 bits per heavy atom. The van der Waals surface area contributed by atoms with Gasteiger partial charge in [0.2, 0.25) is 0 Å². The van der Waals surface area contributed by atoms with Gasteiger partial charge in [0, 0.05) is 11.4 Å². The van der Waals surface area contributed by atoms with Crippen molar-refractivity contribution in [1.82, 2.24) is 10.3 Å². The van der Waals surface area contributed by atoms with Crippen molar-refractivity contribution in [3.05, 3.63) is 15.6 Å². The largest absolute Gasteiger partial charge is 0.310 e. The molecule has 0 spiro atoms. The number of hydrogen-bond acceptors (Lipinski definition) is 3. The molecule has 0 bridgehead atoms. The van der Waals surface area contributed by atoms with Crippen molar-refractivity contribution >= 4 is 11.3 Å². The quantitative estimate of drug-likeness (QED) is 0.736. The van der Waals surface area contributed by atoms with E-state index in [0.717, 1.165) is 13.1 Å². The summed E-state index contributed by atoms with van der Waals surface area (Å²) in [5.41, 5.74) is 1.18. The zero-order valence-electron chi connectivity index (χ0n) is 8.68. The third-order valence-electron chi connectivity index (χ3n) is 2.06. The number of nitrogens with one attached hydrogen (secondary N) is 1. The van der Waals surface area contributed by atoms with E-state index in [1.807, 2.05) is 0 Å². The maximum absolute atomic E-state index is 4.46. The van der Waals surface area contributed by atoms with Crippen LogP contribution in [0.3, 0.4) is 0 Å². The summed E-state index contributed by atoms with van der Waals surface area (Å²) in [6.07, 6.45) is 2.51. The molecular weight excluding hydrogens is 180 g/mol. The van der Waals surface area contributed by atoms with E-state index in [-0.39, 0.29) is 0 Å². The van der Waals surface area contributed by atoms with Crippen LogP contribution in [-0.2, 0) is 6.54 Å². The molecule has 1 N–H and O–H groups in total. The molecule has 13 heavy (non-hydrogen) atoms. The smallest absolute Gasteiger partial charge is 0.107 e. The van der Waals surface area contributed by atoms with Gasteiger partial charge in [-0.25, -0.2) is 4.98 Å². The molecule has 1 heterocycles.